The van der Waals surface area contributed by atoms with E-state index in [1.54, 1.807) is 24.3 Å². The molecule has 1 aromatic heterocycles. The maximum atomic E-state index is 14.3. The molecule has 162 valence electrons. The van der Waals surface area contributed by atoms with E-state index in [2.05, 4.69) is 5.32 Å². The Kier molecular flexibility index (Phi) is 5.78. The zero-order valence-electron chi connectivity index (χ0n) is 16.6. The number of carbonyl (C=O) groups excluding carboxylic acids is 2. The van der Waals surface area contributed by atoms with Crippen molar-refractivity contribution in [2.24, 2.45) is 0 Å². The van der Waals surface area contributed by atoms with E-state index in [9.17, 15) is 22.4 Å². The number of methoxy groups -OCH3 is 1. The first kappa shape index (κ1) is 21.4. The lowest BCUT2D eigenvalue weighted by Gasteiger charge is -2.16. The fourth-order valence-corrected chi connectivity index (χ4v) is 6.00. The molecular weight excluding hydrogens is 443 g/mol. The number of sulfonamides is 1. The van der Waals surface area contributed by atoms with Gasteiger partial charge in [0.15, 0.2) is 0 Å². The van der Waals surface area contributed by atoms with E-state index in [-0.39, 0.29) is 5.56 Å². The van der Waals surface area contributed by atoms with Crippen molar-refractivity contribution in [1.82, 2.24) is 4.31 Å². The summed E-state index contributed by atoms with van der Waals surface area (Å²) in [5.41, 5.74) is 0.486. The molecule has 0 atom stereocenters. The topological polar surface area (TPSA) is 92.8 Å². The van der Waals surface area contributed by atoms with Crippen LogP contribution < -0.4 is 5.32 Å². The molecule has 1 fully saturated rings. The van der Waals surface area contributed by atoms with Gasteiger partial charge in [-0.25, -0.2) is 17.6 Å². The lowest BCUT2D eigenvalue weighted by molar-refractivity contribution is 0.0606. The minimum Gasteiger partial charge on any atom is -0.465 e. The van der Waals surface area contributed by atoms with Crippen LogP contribution in [0.15, 0.2) is 47.4 Å². The van der Waals surface area contributed by atoms with Crippen LogP contribution in [0.4, 0.5) is 10.1 Å². The van der Waals surface area contributed by atoms with Gasteiger partial charge in [-0.05, 0) is 60.7 Å². The quantitative estimate of drug-likeness (QED) is 0.581. The number of rotatable bonds is 5. The summed E-state index contributed by atoms with van der Waals surface area (Å²) in [6.45, 7) is 0.679. The number of nitrogens with zero attached hydrogens (tertiary/aromatic N) is 1. The third-order valence-corrected chi connectivity index (χ3v) is 8.05. The summed E-state index contributed by atoms with van der Waals surface area (Å²) >= 11 is 1.27. The molecule has 4 rings (SSSR count). The number of thiophene rings is 1. The highest BCUT2D eigenvalue weighted by Crippen LogP contribution is 2.29. The Labute approximate surface area is 182 Å². The Balaban J connectivity index is 1.59. The molecule has 10 heteroatoms. The number of carbonyl (C=O) groups is 2. The molecule has 31 heavy (non-hydrogen) atoms. The van der Waals surface area contributed by atoms with E-state index < -0.39 is 32.6 Å². The fourth-order valence-electron chi connectivity index (χ4n) is 3.44. The van der Waals surface area contributed by atoms with Crippen LogP contribution in [-0.2, 0) is 14.8 Å². The van der Waals surface area contributed by atoms with Crippen LogP contribution >= 0.6 is 11.3 Å². The molecule has 1 aliphatic rings. The predicted molar refractivity (Wildman–Crippen MR) is 116 cm³/mol. The Bertz CT molecular complexity index is 1280. The Morgan fingerprint density at radius 3 is 2.55 bits per heavy atom. The van der Waals surface area contributed by atoms with Gasteiger partial charge in [0.1, 0.15) is 15.6 Å². The van der Waals surface area contributed by atoms with Crippen LogP contribution in [-0.4, -0.2) is 44.8 Å². The average molecular weight is 463 g/mol. The minimum absolute atomic E-state index is 0.0276. The van der Waals surface area contributed by atoms with Crippen molar-refractivity contribution < 1.29 is 27.1 Å². The summed E-state index contributed by atoms with van der Waals surface area (Å²) < 4.78 is 46.6. The Hall–Kier alpha value is -2.82. The van der Waals surface area contributed by atoms with Crippen molar-refractivity contribution in [1.29, 1.82) is 0 Å². The van der Waals surface area contributed by atoms with Gasteiger partial charge in [-0.2, -0.15) is 4.31 Å². The van der Waals surface area contributed by atoms with Gasteiger partial charge >= 0.3 is 5.97 Å². The van der Waals surface area contributed by atoms with Crippen LogP contribution in [0.1, 0.15) is 32.9 Å². The van der Waals surface area contributed by atoms with E-state index in [0.29, 0.717) is 23.7 Å². The normalized spacial score (nSPS) is 14.6. The maximum absolute atomic E-state index is 14.3. The molecule has 7 nitrogen and oxygen atoms in total. The first-order valence-corrected chi connectivity index (χ1v) is 11.8. The van der Waals surface area contributed by atoms with Crippen LogP contribution in [0.3, 0.4) is 0 Å². The van der Waals surface area contributed by atoms with E-state index in [1.807, 2.05) is 0 Å². The van der Waals surface area contributed by atoms with Gasteiger partial charge in [0.05, 0.1) is 7.11 Å². The zero-order chi connectivity index (χ0) is 22.2. The molecule has 0 aliphatic carbocycles. The lowest BCUT2D eigenvalue weighted by atomic mass is 10.2. The molecule has 1 N–H and O–H groups in total. The second-order valence-corrected chi connectivity index (χ2v) is 10.1. The number of anilines is 1. The van der Waals surface area contributed by atoms with Crippen molar-refractivity contribution in [2.75, 3.05) is 25.5 Å². The smallest absolute Gasteiger partial charge is 0.348 e. The van der Waals surface area contributed by atoms with Gasteiger partial charge in [0.25, 0.3) is 5.91 Å². The lowest BCUT2D eigenvalue weighted by Crippen LogP contribution is -2.29. The Morgan fingerprint density at radius 2 is 1.84 bits per heavy atom. The molecule has 1 amide bonds. The second-order valence-electron chi connectivity index (χ2n) is 7.07. The van der Waals surface area contributed by atoms with E-state index >= 15 is 0 Å². The summed E-state index contributed by atoms with van der Waals surface area (Å²) in [6, 6.07) is 10.1. The molecule has 1 aliphatic heterocycles. The van der Waals surface area contributed by atoms with Gasteiger partial charge in [-0.1, -0.05) is 0 Å². The van der Waals surface area contributed by atoms with E-state index in [1.165, 1.54) is 28.8 Å². The third-order valence-electron chi connectivity index (χ3n) is 5.04. The van der Waals surface area contributed by atoms with Gasteiger partial charge in [-0.15, -0.1) is 11.3 Å². The zero-order valence-corrected chi connectivity index (χ0v) is 18.2. The number of hydrogen-bond donors (Lipinski definition) is 1. The molecule has 0 bridgehead atoms. The van der Waals surface area contributed by atoms with Crippen LogP contribution in [0, 0.1) is 5.82 Å². The first-order valence-electron chi connectivity index (χ1n) is 9.52. The van der Waals surface area contributed by atoms with Gasteiger partial charge in [-0.3, -0.25) is 4.79 Å². The molecular formula is C21H19FN2O5S2. The van der Waals surface area contributed by atoms with E-state index in [4.69, 9.17) is 4.74 Å². The molecule has 0 saturated carbocycles. The van der Waals surface area contributed by atoms with Crippen LogP contribution in [0.2, 0.25) is 0 Å². The summed E-state index contributed by atoms with van der Waals surface area (Å²) in [6.07, 6.45) is 1.45. The summed E-state index contributed by atoms with van der Waals surface area (Å²) in [5.74, 6) is -1.90. The summed E-state index contributed by atoms with van der Waals surface area (Å²) in [7, 11) is -2.69. The van der Waals surface area contributed by atoms with Crippen molar-refractivity contribution in [3.05, 3.63) is 58.7 Å². The SMILES string of the molecule is COC(=O)c1cc2cc(NC(=O)c3ccc(F)c(S(=O)(=O)N4CCCC4)c3)ccc2s1. The molecule has 3 aromatic rings. The molecule has 0 radical (unpaired) electrons. The number of nitrogens with one attached hydrogen (secondary N) is 1. The summed E-state index contributed by atoms with van der Waals surface area (Å²) in [4.78, 5) is 24.3. The van der Waals surface area contributed by atoms with E-state index in [0.717, 1.165) is 35.1 Å². The van der Waals surface area contributed by atoms with Gasteiger partial charge in [0, 0.05) is 29.0 Å². The van der Waals surface area contributed by atoms with Crippen LogP contribution in [0.5, 0.6) is 0 Å². The van der Waals surface area contributed by atoms with Crippen molar-refractivity contribution in [2.45, 2.75) is 17.7 Å². The number of fused-ring (bicyclic) bond motifs is 1. The highest BCUT2D eigenvalue weighted by Gasteiger charge is 2.30. The molecule has 2 heterocycles. The maximum Gasteiger partial charge on any atom is 0.348 e. The molecule has 1 saturated heterocycles. The van der Waals surface area contributed by atoms with Crippen molar-refractivity contribution >= 4 is 49.0 Å². The monoisotopic (exact) mass is 462 g/mol. The third kappa shape index (κ3) is 4.18. The molecule has 0 spiro atoms. The predicted octanol–water partition coefficient (Wildman–Crippen LogP) is 3.86. The van der Waals surface area contributed by atoms with Crippen molar-refractivity contribution in [3.8, 4) is 0 Å². The fraction of sp³-hybridized carbons (Fsp3) is 0.238. The molecule has 2 aromatic carbocycles. The molecule has 0 unspecified atom stereocenters. The van der Waals surface area contributed by atoms with Crippen LogP contribution in [0.25, 0.3) is 10.1 Å². The average Bonchev–Trinajstić information content (AvgIpc) is 3.43. The summed E-state index contributed by atoms with van der Waals surface area (Å²) in [5, 5.41) is 3.44. The minimum atomic E-state index is -4.00. The number of amides is 1. The first-order chi connectivity index (χ1) is 14.8. The number of hydrogen-bond acceptors (Lipinski definition) is 6. The van der Waals surface area contributed by atoms with Crippen molar-refractivity contribution in [3.63, 3.8) is 0 Å². The highest BCUT2D eigenvalue weighted by atomic mass is 32.2. The standard InChI is InChI=1S/C21H19FN2O5S2/c1-29-21(26)18-11-14-10-15(5-7-17(14)30-18)23-20(25)13-4-6-16(22)19(12-13)31(27,28)24-8-2-3-9-24/h4-7,10-12H,2-3,8-9H2,1H3,(H,23,25). The number of ether oxygens (including phenoxy) is 1. The van der Waals surface area contributed by atoms with Gasteiger partial charge < -0.3 is 10.1 Å². The number of benzene rings is 2. The highest BCUT2D eigenvalue weighted by molar-refractivity contribution is 7.89. The number of esters is 1. The van der Waals surface area contributed by atoms with Gasteiger partial charge in [0.2, 0.25) is 10.0 Å². The Morgan fingerprint density at radius 1 is 1.10 bits per heavy atom. The largest absolute Gasteiger partial charge is 0.465 e. The second kappa shape index (κ2) is 8.37. The number of halogens is 1.